The van der Waals surface area contributed by atoms with Crippen molar-refractivity contribution in [2.45, 2.75) is 12.8 Å². The van der Waals surface area contributed by atoms with Gasteiger partial charge in [-0.1, -0.05) is 0 Å². The standard InChI is InChI=1S/C15H18FN3S/c1-20-9-11-3-2-6-19(8-11)15-13-5-4-12(16)7-14(13)17-10-18-15/h4-5,7,10-11H,2-3,6,8-9H2,1H3/t11-/m0/s1. The van der Waals surface area contributed by atoms with E-state index in [-0.39, 0.29) is 5.82 Å². The van der Waals surface area contributed by atoms with Crippen LogP contribution in [0.25, 0.3) is 10.9 Å². The molecule has 0 saturated carbocycles. The smallest absolute Gasteiger partial charge is 0.139 e. The second-order valence-electron chi connectivity index (χ2n) is 5.27. The predicted molar refractivity (Wildman–Crippen MR) is 82.8 cm³/mol. The zero-order chi connectivity index (χ0) is 13.9. The molecule has 0 N–H and O–H groups in total. The van der Waals surface area contributed by atoms with E-state index in [4.69, 9.17) is 0 Å². The molecule has 1 aromatic heterocycles. The Morgan fingerprint density at radius 1 is 1.40 bits per heavy atom. The van der Waals surface area contributed by atoms with Gasteiger partial charge in [0.05, 0.1) is 5.52 Å². The monoisotopic (exact) mass is 291 g/mol. The molecule has 1 fully saturated rings. The Labute approximate surface area is 122 Å². The van der Waals surface area contributed by atoms with Crippen molar-refractivity contribution in [3.05, 3.63) is 30.3 Å². The van der Waals surface area contributed by atoms with Crippen LogP contribution in [0.2, 0.25) is 0 Å². The van der Waals surface area contributed by atoms with Crippen molar-refractivity contribution in [3.63, 3.8) is 0 Å². The molecule has 106 valence electrons. The van der Waals surface area contributed by atoms with Gasteiger partial charge in [-0.25, -0.2) is 14.4 Å². The van der Waals surface area contributed by atoms with E-state index in [0.29, 0.717) is 11.4 Å². The molecule has 3 nitrogen and oxygen atoms in total. The van der Waals surface area contributed by atoms with Crippen LogP contribution < -0.4 is 4.90 Å². The zero-order valence-corrected chi connectivity index (χ0v) is 12.4. The van der Waals surface area contributed by atoms with E-state index in [1.54, 1.807) is 6.07 Å². The quantitative estimate of drug-likeness (QED) is 0.867. The Morgan fingerprint density at radius 3 is 3.15 bits per heavy atom. The highest BCUT2D eigenvalue weighted by atomic mass is 32.2. The Kier molecular flexibility index (Phi) is 4.05. The third-order valence-electron chi connectivity index (χ3n) is 3.80. The van der Waals surface area contributed by atoms with Crippen LogP contribution in [-0.4, -0.2) is 35.1 Å². The summed E-state index contributed by atoms with van der Waals surface area (Å²) in [5.41, 5.74) is 0.682. The van der Waals surface area contributed by atoms with Crippen molar-refractivity contribution in [3.8, 4) is 0 Å². The number of rotatable bonds is 3. The topological polar surface area (TPSA) is 29.0 Å². The second-order valence-corrected chi connectivity index (χ2v) is 6.18. The first-order chi connectivity index (χ1) is 9.78. The van der Waals surface area contributed by atoms with Gasteiger partial charge in [-0.2, -0.15) is 11.8 Å². The number of benzene rings is 1. The van der Waals surface area contributed by atoms with Crippen molar-refractivity contribution in [1.29, 1.82) is 0 Å². The van der Waals surface area contributed by atoms with E-state index >= 15 is 0 Å². The molecule has 20 heavy (non-hydrogen) atoms. The lowest BCUT2D eigenvalue weighted by molar-refractivity contribution is 0.451. The Morgan fingerprint density at radius 2 is 2.30 bits per heavy atom. The van der Waals surface area contributed by atoms with Gasteiger partial charge in [0.15, 0.2) is 0 Å². The van der Waals surface area contributed by atoms with Crippen molar-refractivity contribution >= 4 is 28.5 Å². The van der Waals surface area contributed by atoms with Gasteiger partial charge >= 0.3 is 0 Å². The number of hydrogen-bond acceptors (Lipinski definition) is 4. The van der Waals surface area contributed by atoms with Crippen LogP contribution in [0.3, 0.4) is 0 Å². The van der Waals surface area contributed by atoms with E-state index < -0.39 is 0 Å². The fourth-order valence-electron chi connectivity index (χ4n) is 2.90. The molecule has 1 saturated heterocycles. The van der Waals surface area contributed by atoms with Crippen LogP contribution in [0, 0.1) is 11.7 Å². The van der Waals surface area contributed by atoms with Crippen molar-refractivity contribution in [2.75, 3.05) is 30.0 Å². The highest BCUT2D eigenvalue weighted by molar-refractivity contribution is 7.98. The highest BCUT2D eigenvalue weighted by Crippen LogP contribution is 2.28. The Balaban J connectivity index is 1.93. The molecule has 1 aliphatic heterocycles. The molecule has 2 aromatic rings. The summed E-state index contributed by atoms with van der Waals surface area (Å²) in [4.78, 5) is 10.9. The molecule has 0 aliphatic carbocycles. The number of piperidine rings is 1. The van der Waals surface area contributed by atoms with Gasteiger partial charge in [0.1, 0.15) is 18.0 Å². The number of anilines is 1. The van der Waals surface area contributed by atoms with Gasteiger partial charge in [-0.15, -0.1) is 0 Å². The summed E-state index contributed by atoms with van der Waals surface area (Å²) in [6.45, 7) is 2.05. The molecule has 0 amide bonds. The van der Waals surface area contributed by atoms with E-state index in [1.165, 1.54) is 37.1 Å². The SMILES string of the molecule is CSC[C@H]1CCCN(c2ncnc3cc(F)ccc23)C1. The summed E-state index contributed by atoms with van der Waals surface area (Å²) in [5, 5.41) is 0.943. The first kappa shape index (κ1) is 13.6. The van der Waals surface area contributed by atoms with Gasteiger partial charge in [-0.05, 0) is 42.9 Å². The van der Waals surface area contributed by atoms with E-state index in [0.717, 1.165) is 24.3 Å². The van der Waals surface area contributed by atoms with Gasteiger partial charge in [-0.3, -0.25) is 0 Å². The average molecular weight is 291 g/mol. The van der Waals surface area contributed by atoms with Gasteiger partial charge < -0.3 is 4.90 Å². The summed E-state index contributed by atoms with van der Waals surface area (Å²) in [5.74, 6) is 2.60. The van der Waals surface area contributed by atoms with Crippen molar-refractivity contribution in [2.24, 2.45) is 5.92 Å². The number of nitrogens with zero attached hydrogens (tertiary/aromatic N) is 3. The molecule has 1 aliphatic rings. The lowest BCUT2D eigenvalue weighted by Crippen LogP contribution is -2.37. The molecule has 0 bridgehead atoms. The van der Waals surface area contributed by atoms with Crippen molar-refractivity contribution < 1.29 is 4.39 Å². The molecule has 3 rings (SSSR count). The Bertz CT molecular complexity index is 603. The lowest BCUT2D eigenvalue weighted by atomic mass is 10.00. The maximum absolute atomic E-state index is 13.3. The second kappa shape index (κ2) is 5.95. The highest BCUT2D eigenvalue weighted by Gasteiger charge is 2.22. The minimum atomic E-state index is -0.249. The lowest BCUT2D eigenvalue weighted by Gasteiger charge is -2.33. The van der Waals surface area contributed by atoms with Crippen LogP contribution in [0.1, 0.15) is 12.8 Å². The number of aromatic nitrogens is 2. The van der Waals surface area contributed by atoms with Gasteiger partial charge in [0.25, 0.3) is 0 Å². The number of halogens is 1. The molecular formula is C15H18FN3S. The maximum Gasteiger partial charge on any atom is 0.139 e. The molecule has 1 atom stereocenters. The first-order valence-electron chi connectivity index (χ1n) is 6.92. The van der Waals surface area contributed by atoms with Crippen LogP contribution in [-0.2, 0) is 0 Å². The summed E-state index contributed by atoms with van der Waals surface area (Å²) in [6, 6.07) is 4.75. The minimum Gasteiger partial charge on any atom is -0.356 e. The first-order valence-corrected chi connectivity index (χ1v) is 8.31. The predicted octanol–water partition coefficient (Wildman–Crippen LogP) is 3.35. The number of fused-ring (bicyclic) bond motifs is 1. The van der Waals surface area contributed by atoms with Crippen LogP contribution >= 0.6 is 11.8 Å². The third-order valence-corrected chi connectivity index (χ3v) is 4.60. The number of hydrogen-bond donors (Lipinski definition) is 0. The van der Waals surface area contributed by atoms with Gasteiger partial charge in [0.2, 0.25) is 0 Å². The Hall–Kier alpha value is -1.36. The fourth-order valence-corrected chi connectivity index (χ4v) is 3.64. The molecule has 0 radical (unpaired) electrons. The van der Waals surface area contributed by atoms with E-state index in [1.807, 2.05) is 11.8 Å². The summed E-state index contributed by atoms with van der Waals surface area (Å²) >= 11 is 1.90. The zero-order valence-electron chi connectivity index (χ0n) is 11.6. The molecule has 1 aromatic carbocycles. The number of thioether (sulfide) groups is 1. The van der Waals surface area contributed by atoms with Gasteiger partial charge in [0, 0.05) is 24.5 Å². The summed E-state index contributed by atoms with van der Waals surface area (Å²) in [6.07, 6.45) is 6.17. The van der Waals surface area contributed by atoms with Crippen LogP contribution in [0.5, 0.6) is 0 Å². The van der Waals surface area contributed by atoms with E-state index in [2.05, 4.69) is 21.1 Å². The molecule has 0 unspecified atom stereocenters. The normalized spacial score (nSPS) is 19.5. The van der Waals surface area contributed by atoms with Crippen LogP contribution in [0.4, 0.5) is 10.2 Å². The average Bonchev–Trinajstić information content (AvgIpc) is 2.47. The van der Waals surface area contributed by atoms with Crippen LogP contribution in [0.15, 0.2) is 24.5 Å². The summed E-state index contributed by atoms with van der Waals surface area (Å²) < 4.78 is 13.3. The third kappa shape index (κ3) is 2.73. The molecule has 5 heteroatoms. The molecule has 2 heterocycles. The molecular weight excluding hydrogens is 273 g/mol. The molecule has 0 spiro atoms. The minimum absolute atomic E-state index is 0.249. The summed E-state index contributed by atoms with van der Waals surface area (Å²) in [7, 11) is 0. The van der Waals surface area contributed by atoms with E-state index in [9.17, 15) is 4.39 Å². The fraction of sp³-hybridized carbons (Fsp3) is 0.467. The van der Waals surface area contributed by atoms with Crippen molar-refractivity contribution in [1.82, 2.24) is 9.97 Å². The largest absolute Gasteiger partial charge is 0.356 e. The maximum atomic E-state index is 13.3.